The summed E-state index contributed by atoms with van der Waals surface area (Å²) in [7, 11) is 0. The number of thioether (sulfide) groups is 1. The van der Waals surface area contributed by atoms with Crippen LogP contribution in [-0.4, -0.2) is 17.4 Å². The predicted octanol–water partition coefficient (Wildman–Crippen LogP) is 6.77. The molecule has 0 fully saturated rings. The zero-order valence-electron chi connectivity index (χ0n) is 15.4. The number of carbonyl (C=O) groups excluding carboxylic acids is 1. The average molecular weight is 438 g/mol. The lowest BCUT2D eigenvalue weighted by Crippen LogP contribution is -1.93. The molecule has 3 heterocycles. The molecule has 29 heavy (non-hydrogen) atoms. The maximum absolute atomic E-state index is 12.5. The molecule has 0 amide bonds. The van der Waals surface area contributed by atoms with Gasteiger partial charge in [0.25, 0.3) is 0 Å². The minimum atomic E-state index is 0.0486. The Morgan fingerprint density at radius 1 is 1.17 bits per heavy atom. The molecule has 5 rings (SSSR count). The van der Waals surface area contributed by atoms with Gasteiger partial charge >= 0.3 is 0 Å². The van der Waals surface area contributed by atoms with Crippen molar-refractivity contribution < 1.29 is 13.9 Å². The first kappa shape index (κ1) is 18.5. The largest absolute Gasteiger partial charge is 0.494 e. The van der Waals surface area contributed by atoms with Gasteiger partial charge in [-0.05, 0) is 67.2 Å². The van der Waals surface area contributed by atoms with Gasteiger partial charge in [0.1, 0.15) is 11.5 Å². The van der Waals surface area contributed by atoms with Gasteiger partial charge in [0.2, 0.25) is 5.78 Å². The fraction of sp³-hybridized carbons (Fsp3) is 0.0909. The van der Waals surface area contributed by atoms with Crippen molar-refractivity contribution in [3.05, 3.63) is 70.8 Å². The molecule has 2 aromatic heterocycles. The fourth-order valence-corrected chi connectivity index (χ4v) is 6.03. The number of aromatic nitrogens is 1. The van der Waals surface area contributed by atoms with Gasteiger partial charge in [0.05, 0.1) is 21.7 Å². The van der Waals surface area contributed by atoms with Gasteiger partial charge in [-0.3, -0.25) is 4.79 Å². The standard InChI is InChI=1S/C22H15NO3S3/c1-2-25-13-7-9-16-18(11-13)28-22(23-16)29-20-10-8-14(26-20)12-19-21(24)15-5-3-4-6-17(15)27-19/h3-12H,2H2,1H3/b19-12-. The molecule has 4 aromatic rings. The molecular formula is C22H15NO3S3. The third-order valence-electron chi connectivity index (χ3n) is 4.29. The second-order valence-corrected chi connectivity index (χ2v) is 9.60. The zero-order valence-corrected chi connectivity index (χ0v) is 17.8. The van der Waals surface area contributed by atoms with Crippen molar-refractivity contribution in [1.82, 2.24) is 4.98 Å². The van der Waals surface area contributed by atoms with E-state index in [1.807, 2.05) is 67.6 Å². The molecule has 0 saturated carbocycles. The van der Waals surface area contributed by atoms with Crippen LogP contribution in [0.1, 0.15) is 23.0 Å². The second-order valence-electron chi connectivity index (χ2n) is 6.24. The van der Waals surface area contributed by atoms with Crippen LogP contribution >= 0.6 is 34.9 Å². The fourth-order valence-electron chi connectivity index (χ4n) is 3.00. The van der Waals surface area contributed by atoms with Gasteiger partial charge in [-0.15, -0.1) is 11.3 Å². The number of benzene rings is 2. The van der Waals surface area contributed by atoms with Gasteiger partial charge < -0.3 is 9.15 Å². The SMILES string of the molecule is CCOc1ccc2nc(Sc3ccc(/C=C4\Sc5ccccc5C4=O)o3)sc2c1. The molecule has 0 saturated heterocycles. The molecule has 1 aliphatic rings. The summed E-state index contributed by atoms with van der Waals surface area (Å²) in [4.78, 5) is 18.8. The van der Waals surface area contributed by atoms with Crippen LogP contribution in [0.15, 0.2) is 78.2 Å². The zero-order chi connectivity index (χ0) is 19.8. The van der Waals surface area contributed by atoms with Gasteiger partial charge in [-0.25, -0.2) is 4.98 Å². The summed E-state index contributed by atoms with van der Waals surface area (Å²) >= 11 is 4.57. The van der Waals surface area contributed by atoms with Gasteiger partial charge in [0, 0.05) is 10.5 Å². The summed E-state index contributed by atoms with van der Waals surface area (Å²) in [6.07, 6.45) is 1.81. The summed E-state index contributed by atoms with van der Waals surface area (Å²) in [5.41, 5.74) is 1.70. The van der Waals surface area contributed by atoms with Crippen molar-refractivity contribution in [2.24, 2.45) is 0 Å². The van der Waals surface area contributed by atoms with Crippen molar-refractivity contribution in [2.75, 3.05) is 6.61 Å². The molecule has 0 radical (unpaired) electrons. The molecule has 4 nitrogen and oxygen atoms in total. The van der Waals surface area contributed by atoms with Gasteiger partial charge in [-0.2, -0.15) is 0 Å². The lowest BCUT2D eigenvalue weighted by molar-refractivity contribution is 0.104. The van der Waals surface area contributed by atoms with Crippen LogP contribution in [0.5, 0.6) is 5.75 Å². The number of furan rings is 1. The Kier molecular flexibility index (Phi) is 4.95. The van der Waals surface area contributed by atoms with Crippen molar-refractivity contribution in [3.63, 3.8) is 0 Å². The van der Waals surface area contributed by atoms with E-state index < -0.39 is 0 Å². The normalized spacial score (nSPS) is 14.7. The average Bonchev–Trinajstić information content (AvgIpc) is 3.41. The number of hydrogen-bond donors (Lipinski definition) is 0. The molecule has 0 unspecified atom stereocenters. The lowest BCUT2D eigenvalue weighted by atomic mass is 10.1. The van der Waals surface area contributed by atoms with Crippen LogP contribution in [0.25, 0.3) is 16.3 Å². The number of Topliss-reactive ketones (excluding diaryl/α,β-unsaturated/α-hetero) is 1. The molecular weight excluding hydrogens is 422 g/mol. The quantitative estimate of drug-likeness (QED) is 0.321. The number of rotatable bonds is 5. The highest BCUT2D eigenvalue weighted by Gasteiger charge is 2.25. The minimum Gasteiger partial charge on any atom is -0.494 e. The van der Waals surface area contributed by atoms with E-state index in [1.165, 1.54) is 23.5 Å². The van der Waals surface area contributed by atoms with Crippen molar-refractivity contribution in [2.45, 2.75) is 21.3 Å². The van der Waals surface area contributed by atoms with E-state index >= 15 is 0 Å². The molecule has 1 aliphatic heterocycles. The van der Waals surface area contributed by atoms with Crippen LogP contribution in [0.3, 0.4) is 0 Å². The monoisotopic (exact) mass is 437 g/mol. The highest BCUT2D eigenvalue weighted by atomic mass is 32.2. The lowest BCUT2D eigenvalue weighted by Gasteiger charge is -2.00. The summed E-state index contributed by atoms with van der Waals surface area (Å²) in [5, 5.41) is 0.744. The van der Waals surface area contributed by atoms with Crippen LogP contribution in [-0.2, 0) is 0 Å². The number of carbonyl (C=O) groups is 1. The predicted molar refractivity (Wildman–Crippen MR) is 118 cm³/mol. The van der Waals surface area contributed by atoms with E-state index in [0.29, 0.717) is 17.3 Å². The van der Waals surface area contributed by atoms with Gasteiger partial charge in [0.15, 0.2) is 9.43 Å². The highest BCUT2D eigenvalue weighted by Crippen LogP contribution is 2.41. The highest BCUT2D eigenvalue weighted by molar-refractivity contribution is 8.04. The Balaban J connectivity index is 1.34. The van der Waals surface area contributed by atoms with Crippen molar-refractivity contribution in [3.8, 4) is 5.75 Å². The number of hydrogen-bond acceptors (Lipinski definition) is 7. The third kappa shape index (κ3) is 3.73. The molecule has 0 N–H and O–H groups in total. The minimum absolute atomic E-state index is 0.0486. The first-order valence-corrected chi connectivity index (χ1v) is 11.5. The van der Waals surface area contributed by atoms with E-state index in [2.05, 4.69) is 4.98 Å². The molecule has 0 bridgehead atoms. The number of allylic oxidation sites excluding steroid dienone is 1. The van der Waals surface area contributed by atoms with E-state index in [-0.39, 0.29) is 5.78 Å². The Hall–Kier alpha value is -2.48. The number of nitrogens with zero attached hydrogens (tertiary/aromatic N) is 1. The second kappa shape index (κ2) is 7.74. The summed E-state index contributed by atoms with van der Waals surface area (Å²) < 4.78 is 13.5. The maximum atomic E-state index is 12.5. The number of ether oxygens (including phenoxy) is 1. The van der Waals surface area contributed by atoms with Gasteiger partial charge in [-0.1, -0.05) is 23.9 Å². The first-order chi connectivity index (χ1) is 14.2. The van der Waals surface area contributed by atoms with Crippen LogP contribution in [0, 0.1) is 0 Å². The Morgan fingerprint density at radius 2 is 2.07 bits per heavy atom. The van der Waals surface area contributed by atoms with Crippen LogP contribution < -0.4 is 4.74 Å². The van der Waals surface area contributed by atoms with Crippen molar-refractivity contribution in [1.29, 1.82) is 0 Å². The number of thiazole rings is 1. The van der Waals surface area contributed by atoms with Crippen LogP contribution in [0.2, 0.25) is 0 Å². The van der Waals surface area contributed by atoms with E-state index in [4.69, 9.17) is 9.15 Å². The summed E-state index contributed by atoms with van der Waals surface area (Å²) in [5.74, 6) is 1.57. The number of fused-ring (bicyclic) bond motifs is 2. The Labute approximate surface area is 180 Å². The summed E-state index contributed by atoms with van der Waals surface area (Å²) in [6.45, 7) is 2.61. The van der Waals surface area contributed by atoms with Crippen LogP contribution in [0.4, 0.5) is 0 Å². The molecule has 0 atom stereocenters. The summed E-state index contributed by atoms with van der Waals surface area (Å²) in [6, 6.07) is 17.4. The molecule has 144 valence electrons. The number of ketones is 1. The molecule has 0 spiro atoms. The topological polar surface area (TPSA) is 52.3 Å². The third-order valence-corrected chi connectivity index (χ3v) is 7.39. The Bertz CT molecular complexity index is 1260. The van der Waals surface area contributed by atoms with Crippen molar-refractivity contribution >= 4 is 56.9 Å². The van der Waals surface area contributed by atoms with E-state index in [0.717, 1.165) is 35.9 Å². The van der Waals surface area contributed by atoms with E-state index in [1.54, 1.807) is 11.3 Å². The first-order valence-electron chi connectivity index (χ1n) is 9.04. The molecule has 2 aromatic carbocycles. The smallest absolute Gasteiger partial charge is 0.200 e. The van der Waals surface area contributed by atoms with E-state index in [9.17, 15) is 4.79 Å². The Morgan fingerprint density at radius 3 is 2.93 bits per heavy atom. The molecule has 7 heteroatoms. The molecule has 0 aliphatic carbocycles. The maximum Gasteiger partial charge on any atom is 0.200 e.